The van der Waals surface area contributed by atoms with Gasteiger partial charge >= 0.3 is 0 Å². The smallest absolute Gasteiger partial charge is 0.109 e. The maximum absolute atomic E-state index is 8.84. The molecule has 0 radical (unpaired) electrons. The van der Waals surface area contributed by atoms with Crippen LogP contribution in [-0.2, 0) is 19.9 Å². The highest BCUT2D eigenvalue weighted by atomic mass is 16.2. The number of aromatic nitrogens is 2. The SMILES string of the molecule is CCc1ccc2c(c1)nc(CCCO)n2C. The Labute approximate surface area is 95.7 Å². The fourth-order valence-electron chi connectivity index (χ4n) is 1.98. The van der Waals surface area contributed by atoms with Crippen molar-refractivity contribution in [1.29, 1.82) is 0 Å². The van der Waals surface area contributed by atoms with Gasteiger partial charge in [0.05, 0.1) is 11.0 Å². The van der Waals surface area contributed by atoms with Gasteiger partial charge in [0.1, 0.15) is 5.82 Å². The summed E-state index contributed by atoms with van der Waals surface area (Å²) in [5.74, 6) is 1.05. The van der Waals surface area contributed by atoms with E-state index in [9.17, 15) is 0 Å². The van der Waals surface area contributed by atoms with Crippen LogP contribution in [-0.4, -0.2) is 21.3 Å². The molecular weight excluding hydrogens is 200 g/mol. The summed E-state index contributed by atoms with van der Waals surface area (Å²) in [6.07, 6.45) is 2.65. The first-order valence-electron chi connectivity index (χ1n) is 5.81. The van der Waals surface area contributed by atoms with E-state index in [0.29, 0.717) is 0 Å². The lowest BCUT2D eigenvalue weighted by Gasteiger charge is -2.00. The summed E-state index contributed by atoms with van der Waals surface area (Å²) in [6, 6.07) is 6.43. The molecule has 0 aliphatic heterocycles. The van der Waals surface area contributed by atoms with Gasteiger partial charge in [0.25, 0.3) is 0 Å². The average Bonchev–Trinajstić information content (AvgIpc) is 2.63. The molecule has 1 N–H and O–H groups in total. The Morgan fingerprint density at radius 1 is 1.38 bits per heavy atom. The molecule has 0 aliphatic carbocycles. The van der Waals surface area contributed by atoms with Gasteiger partial charge in [-0.15, -0.1) is 0 Å². The van der Waals surface area contributed by atoms with Crippen molar-refractivity contribution in [2.75, 3.05) is 6.61 Å². The molecule has 0 amide bonds. The maximum atomic E-state index is 8.84. The van der Waals surface area contributed by atoms with Crippen LogP contribution < -0.4 is 0 Å². The monoisotopic (exact) mass is 218 g/mol. The normalized spacial score (nSPS) is 11.2. The number of imidazole rings is 1. The first kappa shape index (κ1) is 11.1. The van der Waals surface area contributed by atoms with Crippen LogP contribution in [0.2, 0.25) is 0 Å². The molecule has 16 heavy (non-hydrogen) atoms. The fourth-order valence-corrected chi connectivity index (χ4v) is 1.98. The van der Waals surface area contributed by atoms with E-state index in [2.05, 4.69) is 34.7 Å². The molecule has 2 aromatic rings. The van der Waals surface area contributed by atoms with Gasteiger partial charge in [0.2, 0.25) is 0 Å². The first-order valence-corrected chi connectivity index (χ1v) is 5.81. The number of benzene rings is 1. The van der Waals surface area contributed by atoms with Gasteiger partial charge in [-0.2, -0.15) is 0 Å². The highest BCUT2D eigenvalue weighted by Crippen LogP contribution is 2.17. The Hall–Kier alpha value is -1.35. The number of aryl methyl sites for hydroxylation is 3. The van der Waals surface area contributed by atoms with Crippen molar-refractivity contribution in [2.45, 2.75) is 26.2 Å². The molecule has 0 fully saturated rings. The van der Waals surface area contributed by atoms with E-state index in [-0.39, 0.29) is 6.61 Å². The summed E-state index contributed by atoms with van der Waals surface area (Å²) in [5.41, 5.74) is 3.55. The summed E-state index contributed by atoms with van der Waals surface area (Å²) < 4.78 is 2.12. The van der Waals surface area contributed by atoms with Crippen LogP contribution in [0.15, 0.2) is 18.2 Å². The van der Waals surface area contributed by atoms with Crippen LogP contribution in [0.1, 0.15) is 24.7 Å². The molecule has 1 aromatic heterocycles. The topological polar surface area (TPSA) is 38.1 Å². The molecular formula is C13H18N2O. The Kier molecular flexibility index (Phi) is 3.25. The quantitative estimate of drug-likeness (QED) is 0.853. The van der Waals surface area contributed by atoms with Crippen molar-refractivity contribution in [3.63, 3.8) is 0 Å². The van der Waals surface area contributed by atoms with Crippen LogP contribution in [0.3, 0.4) is 0 Å². The summed E-state index contributed by atoms with van der Waals surface area (Å²) in [4.78, 5) is 4.61. The van der Waals surface area contributed by atoms with Gasteiger partial charge in [0, 0.05) is 20.1 Å². The summed E-state index contributed by atoms with van der Waals surface area (Å²) in [5, 5.41) is 8.84. The fraction of sp³-hybridized carbons (Fsp3) is 0.462. The molecule has 3 nitrogen and oxygen atoms in total. The Morgan fingerprint density at radius 2 is 2.19 bits per heavy atom. The van der Waals surface area contributed by atoms with E-state index >= 15 is 0 Å². The molecule has 2 rings (SSSR count). The van der Waals surface area contributed by atoms with Crippen LogP contribution in [0.25, 0.3) is 11.0 Å². The van der Waals surface area contributed by atoms with Crippen molar-refractivity contribution >= 4 is 11.0 Å². The standard InChI is InChI=1S/C13H18N2O/c1-3-10-6-7-12-11(9-10)14-13(15(12)2)5-4-8-16/h6-7,9,16H,3-5,8H2,1-2H3. The van der Waals surface area contributed by atoms with Gasteiger partial charge < -0.3 is 9.67 Å². The maximum Gasteiger partial charge on any atom is 0.109 e. The largest absolute Gasteiger partial charge is 0.396 e. The third-order valence-corrected chi connectivity index (χ3v) is 3.00. The summed E-state index contributed by atoms with van der Waals surface area (Å²) in [7, 11) is 2.04. The third-order valence-electron chi connectivity index (χ3n) is 3.00. The zero-order chi connectivity index (χ0) is 11.5. The molecule has 0 saturated heterocycles. The van der Waals surface area contributed by atoms with Gasteiger partial charge in [-0.1, -0.05) is 13.0 Å². The second-order valence-electron chi connectivity index (χ2n) is 4.09. The minimum atomic E-state index is 0.226. The number of hydrogen-bond donors (Lipinski definition) is 1. The first-order chi connectivity index (χ1) is 7.76. The summed E-state index contributed by atoms with van der Waals surface area (Å²) in [6.45, 7) is 2.38. The van der Waals surface area contributed by atoms with Gasteiger partial charge in [-0.05, 0) is 30.5 Å². The number of rotatable bonds is 4. The van der Waals surface area contributed by atoms with E-state index in [4.69, 9.17) is 5.11 Å². The van der Waals surface area contributed by atoms with Gasteiger partial charge in [0.15, 0.2) is 0 Å². The van der Waals surface area contributed by atoms with Crippen molar-refractivity contribution in [3.8, 4) is 0 Å². The van der Waals surface area contributed by atoms with Gasteiger partial charge in [-0.3, -0.25) is 0 Å². The Bertz CT molecular complexity index is 488. The van der Waals surface area contributed by atoms with E-state index in [1.54, 1.807) is 0 Å². The molecule has 86 valence electrons. The number of aliphatic hydroxyl groups excluding tert-OH is 1. The minimum absolute atomic E-state index is 0.226. The zero-order valence-corrected chi connectivity index (χ0v) is 9.90. The Morgan fingerprint density at radius 3 is 2.88 bits per heavy atom. The van der Waals surface area contributed by atoms with Crippen molar-refractivity contribution in [1.82, 2.24) is 9.55 Å². The van der Waals surface area contributed by atoms with Crippen molar-refractivity contribution < 1.29 is 5.11 Å². The number of aliphatic hydroxyl groups is 1. The molecule has 0 atom stereocenters. The molecule has 1 aromatic carbocycles. The lowest BCUT2D eigenvalue weighted by molar-refractivity contribution is 0.287. The second kappa shape index (κ2) is 4.66. The van der Waals surface area contributed by atoms with E-state index in [1.807, 2.05) is 7.05 Å². The number of hydrogen-bond acceptors (Lipinski definition) is 2. The van der Waals surface area contributed by atoms with Crippen LogP contribution in [0, 0.1) is 0 Å². The van der Waals surface area contributed by atoms with Crippen molar-refractivity contribution in [2.24, 2.45) is 7.05 Å². The van der Waals surface area contributed by atoms with E-state index < -0.39 is 0 Å². The van der Waals surface area contributed by atoms with Crippen LogP contribution in [0.4, 0.5) is 0 Å². The highest BCUT2D eigenvalue weighted by molar-refractivity contribution is 5.76. The lowest BCUT2D eigenvalue weighted by atomic mass is 10.1. The van der Waals surface area contributed by atoms with Crippen LogP contribution >= 0.6 is 0 Å². The predicted octanol–water partition coefficient (Wildman–Crippen LogP) is 2.06. The van der Waals surface area contributed by atoms with Gasteiger partial charge in [-0.25, -0.2) is 4.98 Å². The zero-order valence-electron chi connectivity index (χ0n) is 9.90. The van der Waals surface area contributed by atoms with E-state index in [0.717, 1.165) is 30.6 Å². The third kappa shape index (κ3) is 1.95. The predicted molar refractivity (Wildman–Crippen MR) is 65.5 cm³/mol. The number of nitrogens with zero attached hydrogens (tertiary/aromatic N) is 2. The van der Waals surface area contributed by atoms with Crippen molar-refractivity contribution in [3.05, 3.63) is 29.6 Å². The molecule has 3 heteroatoms. The average molecular weight is 218 g/mol. The lowest BCUT2D eigenvalue weighted by Crippen LogP contribution is -1.99. The summed E-state index contributed by atoms with van der Waals surface area (Å²) >= 11 is 0. The molecule has 0 aliphatic rings. The van der Waals surface area contributed by atoms with Crippen LogP contribution in [0.5, 0.6) is 0 Å². The van der Waals surface area contributed by atoms with E-state index in [1.165, 1.54) is 11.1 Å². The molecule has 0 bridgehead atoms. The highest BCUT2D eigenvalue weighted by Gasteiger charge is 2.07. The minimum Gasteiger partial charge on any atom is -0.396 e. The molecule has 0 unspecified atom stereocenters. The molecule has 0 saturated carbocycles. The molecule has 1 heterocycles. The second-order valence-corrected chi connectivity index (χ2v) is 4.09. The Balaban J connectivity index is 2.41. The molecule has 0 spiro atoms. The number of fused-ring (bicyclic) bond motifs is 1.